The topological polar surface area (TPSA) is 58.9 Å². The van der Waals surface area contributed by atoms with Crippen LogP contribution in [0.4, 0.5) is 5.69 Å². The molecule has 4 heteroatoms. The van der Waals surface area contributed by atoms with Crippen LogP contribution in [0.2, 0.25) is 0 Å². The number of ether oxygens (including phenoxy) is 1. The van der Waals surface area contributed by atoms with Gasteiger partial charge in [-0.1, -0.05) is 72.8 Å². The zero-order valence-electron chi connectivity index (χ0n) is 17.3. The van der Waals surface area contributed by atoms with Crippen molar-refractivity contribution < 1.29 is 14.6 Å². The third kappa shape index (κ3) is 3.52. The van der Waals surface area contributed by atoms with E-state index in [1.165, 1.54) is 5.56 Å². The van der Waals surface area contributed by atoms with Gasteiger partial charge in [0.15, 0.2) is 5.78 Å². The average molecular weight is 412 g/mol. The fraction of sp³-hybridized carbons (Fsp3) is 0.259. The number of rotatable bonds is 6. The Hall–Kier alpha value is -3.08. The van der Waals surface area contributed by atoms with Crippen LogP contribution in [0.3, 0.4) is 0 Å². The van der Waals surface area contributed by atoms with Gasteiger partial charge in [-0.3, -0.25) is 9.79 Å². The summed E-state index contributed by atoms with van der Waals surface area (Å²) in [7, 11) is 0. The van der Waals surface area contributed by atoms with E-state index in [9.17, 15) is 9.90 Å². The molecule has 0 bridgehead atoms. The molecule has 2 heterocycles. The maximum absolute atomic E-state index is 12.9. The molecule has 0 aliphatic carbocycles. The lowest BCUT2D eigenvalue weighted by Crippen LogP contribution is -2.42. The predicted molar refractivity (Wildman–Crippen MR) is 121 cm³/mol. The first-order valence-electron chi connectivity index (χ1n) is 10.8. The van der Waals surface area contributed by atoms with E-state index in [0.29, 0.717) is 24.8 Å². The van der Waals surface area contributed by atoms with Crippen molar-refractivity contribution in [2.24, 2.45) is 4.99 Å². The first-order valence-corrected chi connectivity index (χ1v) is 10.8. The van der Waals surface area contributed by atoms with Crippen LogP contribution in [-0.2, 0) is 16.6 Å². The van der Waals surface area contributed by atoms with Crippen molar-refractivity contribution in [2.75, 3.05) is 6.61 Å². The Bertz CT molecular complexity index is 1120. The molecule has 0 unspecified atom stereocenters. The minimum absolute atomic E-state index is 0.0238. The lowest BCUT2D eigenvalue weighted by Gasteiger charge is -2.42. The van der Waals surface area contributed by atoms with Gasteiger partial charge in [-0.05, 0) is 35.6 Å². The quantitative estimate of drug-likeness (QED) is 0.582. The summed E-state index contributed by atoms with van der Waals surface area (Å²) in [5.74, 6) is 0.0837. The van der Waals surface area contributed by atoms with E-state index in [4.69, 9.17) is 4.74 Å². The molecule has 0 radical (unpaired) electrons. The number of hydrogen-bond donors (Lipinski definition) is 1. The van der Waals surface area contributed by atoms with Crippen LogP contribution in [0.15, 0.2) is 83.9 Å². The van der Waals surface area contributed by atoms with Gasteiger partial charge in [0.2, 0.25) is 0 Å². The Morgan fingerprint density at radius 2 is 1.74 bits per heavy atom. The molecule has 3 atom stereocenters. The number of ketones is 1. The Labute approximate surface area is 182 Å². The van der Waals surface area contributed by atoms with Crippen LogP contribution in [0, 0.1) is 0 Å². The molecule has 3 aromatic rings. The van der Waals surface area contributed by atoms with E-state index < -0.39 is 5.41 Å². The second kappa shape index (κ2) is 8.22. The first-order chi connectivity index (χ1) is 15.2. The normalized spacial score (nSPS) is 23.9. The SMILES string of the molecule is O=C(C[C@@H]1Cc2ccccc2[C@@H]([C@@]2(CCO)C=Nc3ccccc32)O1)c1ccccc1. The number of carbonyl (C=O) groups is 1. The zero-order chi connectivity index (χ0) is 21.3. The summed E-state index contributed by atoms with van der Waals surface area (Å²) in [5.41, 5.74) is 4.44. The molecule has 0 aromatic heterocycles. The first kappa shape index (κ1) is 19.9. The maximum Gasteiger partial charge on any atom is 0.165 e. The summed E-state index contributed by atoms with van der Waals surface area (Å²) >= 11 is 0. The Morgan fingerprint density at radius 1 is 1.00 bits per heavy atom. The van der Waals surface area contributed by atoms with Gasteiger partial charge in [0, 0.05) is 24.8 Å². The Kier molecular flexibility index (Phi) is 5.26. The number of hydrogen-bond acceptors (Lipinski definition) is 4. The Morgan fingerprint density at radius 3 is 2.58 bits per heavy atom. The van der Waals surface area contributed by atoms with Crippen molar-refractivity contribution in [1.82, 2.24) is 0 Å². The molecular formula is C27H25NO3. The van der Waals surface area contributed by atoms with Gasteiger partial charge in [0.1, 0.15) is 0 Å². The number of benzene rings is 3. The number of nitrogens with zero attached hydrogens (tertiary/aromatic N) is 1. The van der Waals surface area contributed by atoms with E-state index in [-0.39, 0.29) is 24.6 Å². The van der Waals surface area contributed by atoms with Crippen LogP contribution in [0.1, 0.15) is 46.0 Å². The molecule has 31 heavy (non-hydrogen) atoms. The van der Waals surface area contributed by atoms with Crippen molar-refractivity contribution in [3.63, 3.8) is 0 Å². The van der Waals surface area contributed by atoms with Crippen LogP contribution in [-0.4, -0.2) is 29.8 Å². The van der Waals surface area contributed by atoms with Crippen molar-refractivity contribution in [3.05, 3.63) is 101 Å². The summed E-state index contributed by atoms with van der Waals surface area (Å²) in [4.78, 5) is 17.6. The fourth-order valence-corrected chi connectivity index (χ4v) is 4.96. The summed E-state index contributed by atoms with van der Waals surface area (Å²) in [6.07, 6.45) is 2.92. The monoisotopic (exact) mass is 411 g/mol. The number of aliphatic hydroxyl groups excluding tert-OH is 1. The maximum atomic E-state index is 12.9. The van der Waals surface area contributed by atoms with Gasteiger partial charge in [-0.15, -0.1) is 0 Å². The molecule has 0 saturated heterocycles. The number of Topliss-reactive ketones (excluding diaryl/α,β-unsaturated/α-hetero) is 1. The molecule has 3 aromatic carbocycles. The lowest BCUT2D eigenvalue weighted by atomic mass is 9.70. The largest absolute Gasteiger partial charge is 0.396 e. The van der Waals surface area contributed by atoms with E-state index in [0.717, 1.165) is 16.8 Å². The number of carbonyl (C=O) groups excluding carboxylic acids is 1. The van der Waals surface area contributed by atoms with Gasteiger partial charge in [0.25, 0.3) is 0 Å². The van der Waals surface area contributed by atoms with Crippen molar-refractivity contribution in [2.45, 2.75) is 36.9 Å². The van der Waals surface area contributed by atoms with Crippen molar-refractivity contribution in [3.8, 4) is 0 Å². The molecule has 5 rings (SSSR count). The van der Waals surface area contributed by atoms with Gasteiger partial charge >= 0.3 is 0 Å². The number of fused-ring (bicyclic) bond motifs is 2. The molecule has 1 N–H and O–H groups in total. The third-order valence-electron chi connectivity index (χ3n) is 6.46. The van der Waals surface area contributed by atoms with Crippen LogP contribution in [0.25, 0.3) is 0 Å². The van der Waals surface area contributed by atoms with Crippen molar-refractivity contribution in [1.29, 1.82) is 0 Å². The highest BCUT2D eigenvalue weighted by atomic mass is 16.5. The van der Waals surface area contributed by atoms with Gasteiger partial charge < -0.3 is 9.84 Å². The highest BCUT2D eigenvalue weighted by molar-refractivity contribution is 5.96. The molecule has 4 nitrogen and oxygen atoms in total. The zero-order valence-corrected chi connectivity index (χ0v) is 17.3. The number of para-hydroxylation sites is 1. The Balaban J connectivity index is 1.53. The summed E-state index contributed by atoms with van der Waals surface area (Å²) in [6, 6.07) is 25.7. The molecule has 0 saturated carbocycles. The number of aliphatic hydroxyl groups is 1. The minimum Gasteiger partial charge on any atom is -0.396 e. The highest BCUT2D eigenvalue weighted by Gasteiger charge is 2.47. The van der Waals surface area contributed by atoms with Crippen LogP contribution >= 0.6 is 0 Å². The lowest BCUT2D eigenvalue weighted by molar-refractivity contribution is -0.0551. The molecule has 156 valence electrons. The van der Waals surface area contributed by atoms with E-state index in [1.807, 2.05) is 66.9 Å². The van der Waals surface area contributed by atoms with E-state index in [2.05, 4.69) is 23.2 Å². The summed E-state index contributed by atoms with van der Waals surface area (Å²) in [5, 5.41) is 9.98. The van der Waals surface area contributed by atoms with Crippen LogP contribution in [0.5, 0.6) is 0 Å². The third-order valence-corrected chi connectivity index (χ3v) is 6.46. The summed E-state index contributed by atoms with van der Waals surface area (Å²) in [6.45, 7) is 0.0238. The van der Waals surface area contributed by atoms with Gasteiger partial charge in [-0.25, -0.2) is 0 Å². The molecule has 0 spiro atoms. The average Bonchev–Trinajstić information content (AvgIpc) is 3.19. The van der Waals surface area contributed by atoms with E-state index >= 15 is 0 Å². The second-order valence-electron chi connectivity index (χ2n) is 8.32. The van der Waals surface area contributed by atoms with E-state index in [1.54, 1.807) is 0 Å². The minimum atomic E-state index is -0.560. The molecule has 2 aliphatic rings. The smallest absolute Gasteiger partial charge is 0.165 e. The van der Waals surface area contributed by atoms with Gasteiger partial charge in [0.05, 0.1) is 23.3 Å². The van der Waals surface area contributed by atoms with Gasteiger partial charge in [-0.2, -0.15) is 0 Å². The molecule has 0 amide bonds. The molecule has 0 fully saturated rings. The highest BCUT2D eigenvalue weighted by Crippen LogP contribution is 2.51. The molecular weight excluding hydrogens is 386 g/mol. The second-order valence-corrected chi connectivity index (χ2v) is 8.32. The molecule has 2 aliphatic heterocycles. The fourth-order valence-electron chi connectivity index (χ4n) is 4.96. The summed E-state index contributed by atoms with van der Waals surface area (Å²) < 4.78 is 6.68. The standard InChI is InChI=1S/C27H25NO3/c29-15-14-27(18-28-24-13-7-6-12-23(24)27)26-22-11-5-4-10-20(22)16-21(31-26)17-25(30)19-8-2-1-3-9-19/h1-13,18,21,26,29H,14-17H2/t21-,26-,27-/m0/s1. The predicted octanol–water partition coefficient (Wildman–Crippen LogP) is 4.98. The van der Waals surface area contributed by atoms with Crippen LogP contribution < -0.4 is 0 Å². The van der Waals surface area contributed by atoms with Crippen molar-refractivity contribution >= 4 is 17.7 Å². The number of aliphatic imine (C=N–C) groups is 1.